The molecule has 0 bridgehead atoms. The molecular formula is C17H19NO4. The van der Waals surface area contributed by atoms with E-state index in [1.165, 1.54) is 0 Å². The van der Waals surface area contributed by atoms with Gasteiger partial charge in [-0.15, -0.1) is 0 Å². The summed E-state index contributed by atoms with van der Waals surface area (Å²) >= 11 is 0. The first-order valence-electron chi connectivity index (χ1n) is 7.51. The Labute approximate surface area is 129 Å². The third kappa shape index (κ3) is 2.17. The van der Waals surface area contributed by atoms with Crippen molar-refractivity contribution in [3.8, 4) is 0 Å². The van der Waals surface area contributed by atoms with Crippen molar-refractivity contribution in [3.05, 3.63) is 41.0 Å². The van der Waals surface area contributed by atoms with Crippen molar-refractivity contribution in [2.45, 2.75) is 32.2 Å². The summed E-state index contributed by atoms with van der Waals surface area (Å²) in [5.41, 5.74) is 2.74. The maximum Gasteiger partial charge on any atom is 0.336 e. The van der Waals surface area contributed by atoms with E-state index < -0.39 is 12.0 Å². The van der Waals surface area contributed by atoms with E-state index in [0.717, 1.165) is 17.7 Å². The third-order valence-corrected chi connectivity index (χ3v) is 4.57. The lowest BCUT2D eigenvalue weighted by molar-refractivity contribution is -0.145. The van der Waals surface area contributed by atoms with Gasteiger partial charge in [-0.05, 0) is 37.5 Å². The largest absolute Gasteiger partial charge is 0.478 e. The number of hydrogen-bond acceptors (Lipinski definition) is 4. The molecule has 2 aliphatic rings. The second-order valence-electron chi connectivity index (χ2n) is 5.74. The zero-order chi connectivity index (χ0) is 15.9. The van der Waals surface area contributed by atoms with Crippen LogP contribution in [0.1, 0.15) is 40.7 Å². The van der Waals surface area contributed by atoms with Crippen LogP contribution >= 0.6 is 0 Å². The summed E-state index contributed by atoms with van der Waals surface area (Å²) in [5, 5.41) is 12.5. The molecule has 5 nitrogen and oxygen atoms in total. The van der Waals surface area contributed by atoms with E-state index in [-0.39, 0.29) is 23.4 Å². The van der Waals surface area contributed by atoms with Crippen LogP contribution in [-0.2, 0) is 9.53 Å². The van der Waals surface area contributed by atoms with Crippen molar-refractivity contribution in [2.24, 2.45) is 5.92 Å². The van der Waals surface area contributed by atoms with Crippen LogP contribution in [0.5, 0.6) is 0 Å². The quantitative estimate of drug-likeness (QED) is 0.663. The second-order valence-corrected chi connectivity index (χ2v) is 5.74. The molecule has 1 heterocycles. The number of hydrogen-bond donors (Lipinski definition) is 2. The lowest BCUT2D eigenvalue weighted by Gasteiger charge is -2.36. The van der Waals surface area contributed by atoms with Crippen LogP contribution in [0.15, 0.2) is 24.3 Å². The van der Waals surface area contributed by atoms with Crippen molar-refractivity contribution < 1.29 is 19.4 Å². The summed E-state index contributed by atoms with van der Waals surface area (Å²) in [5.74, 6) is -0.973. The zero-order valence-electron chi connectivity index (χ0n) is 12.6. The maximum atomic E-state index is 12.3. The molecule has 1 aliphatic carbocycles. The van der Waals surface area contributed by atoms with Gasteiger partial charge >= 0.3 is 11.9 Å². The van der Waals surface area contributed by atoms with Gasteiger partial charge in [0.1, 0.15) is 6.04 Å². The Balaban J connectivity index is 2.06. The maximum absolute atomic E-state index is 12.3. The monoisotopic (exact) mass is 301 g/mol. The Kier molecular flexibility index (Phi) is 3.64. The molecule has 0 saturated carbocycles. The molecule has 0 spiro atoms. The second kappa shape index (κ2) is 5.48. The smallest absolute Gasteiger partial charge is 0.336 e. The predicted octanol–water partition coefficient (Wildman–Crippen LogP) is 2.71. The number of aromatic carboxylic acids is 1. The average molecular weight is 301 g/mol. The molecule has 3 atom stereocenters. The van der Waals surface area contributed by atoms with E-state index in [1.54, 1.807) is 19.9 Å². The van der Waals surface area contributed by atoms with Gasteiger partial charge < -0.3 is 15.2 Å². The molecular weight excluding hydrogens is 282 g/mol. The van der Waals surface area contributed by atoms with Crippen molar-refractivity contribution in [3.63, 3.8) is 0 Å². The van der Waals surface area contributed by atoms with Crippen molar-refractivity contribution in [1.82, 2.24) is 0 Å². The van der Waals surface area contributed by atoms with Gasteiger partial charge in [-0.3, -0.25) is 0 Å². The number of carbonyl (C=O) groups excluding carboxylic acids is 1. The minimum absolute atomic E-state index is 0.127. The standard InChI is InChI=1S/C17H19NO4/c1-3-22-17(21)15-12-6-4-5-11(12)13-8-7-10(16(19)20)9(2)14(13)18-15/h4-5,7-8,11-12,15,18H,3,6H2,1-2H3,(H,19,20)/t11-,12-,15+/m1/s1. The predicted molar refractivity (Wildman–Crippen MR) is 82.2 cm³/mol. The van der Waals surface area contributed by atoms with E-state index in [2.05, 4.69) is 17.5 Å². The van der Waals surface area contributed by atoms with Gasteiger partial charge in [0.2, 0.25) is 0 Å². The highest BCUT2D eigenvalue weighted by molar-refractivity contribution is 5.93. The van der Waals surface area contributed by atoms with Crippen LogP contribution in [0.3, 0.4) is 0 Å². The topological polar surface area (TPSA) is 75.6 Å². The van der Waals surface area contributed by atoms with Crippen molar-refractivity contribution >= 4 is 17.6 Å². The number of carboxylic acids is 1. The molecule has 116 valence electrons. The Hall–Kier alpha value is -2.30. The number of allylic oxidation sites excluding steroid dienone is 2. The van der Waals surface area contributed by atoms with E-state index in [9.17, 15) is 14.7 Å². The van der Waals surface area contributed by atoms with E-state index in [0.29, 0.717) is 12.2 Å². The number of esters is 1. The number of fused-ring (bicyclic) bond motifs is 3. The van der Waals surface area contributed by atoms with Gasteiger partial charge in [0.05, 0.1) is 12.2 Å². The van der Waals surface area contributed by atoms with Crippen molar-refractivity contribution in [1.29, 1.82) is 0 Å². The summed E-state index contributed by atoms with van der Waals surface area (Å²) in [6, 6.07) is 3.06. The first kappa shape index (κ1) is 14.6. The van der Waals surface area contributed by atoms with Gasteiger partial charge in [-0.25, -0.2) is 9.59 Å². The van der Waals surface area contributed by atoms with Gasteiger partial charge in [-0.1, -0.05) is 18.2 Å². The molecule has 5 heteroatoms. The SMILES string of the molecule is CCOC(=O)[C@H]1Nc2c(ccc(C(=O)O)c2C)[C@@H]2C=CC[C@@H]12. The first-order chi connectivity index (χ1) is 10.5. The normalized spacial score (nSPS) is 25.1. The van der Waals surface area contributed by atoms with Crippen LogP contribution < -0.4 is 5.32 Å². The molecule has 0 unspecified atom stereocenters. The Morgan fingerprint density at radius 3 is 2.86 bits per heavy atom. The highest BCUT2D eigenvalue weighted by Gasteiger charge is 2.42. The molecule has 1 aliphatic heterocycles. The summed E-state index contributed by atoms with van der Waals surface area (Å²) in [4.78, 5) is 23.6. The number of carbonyl (C=O) groups is 2. The third-order valence-electron chi connectivity index (χ3n) is 4.57. The molecule has 3 rings (SSSR count). The highest BCUT2D eigenvalue weighted by Crippen LogP contribution is 2.46. The molecule has 0 amide bonds. The molecule has 0 radical (unpaired) electrons. The zero-order valence-corrected chi connectivity index (χ0v) is 12.6. The molecule has 0 saturated heterocycles. The number of nitrogens with one attached hydrogen (secondary N) is 1. The fourth-order valence-corrected chi connectivity index (χ4v) is 3.51. The lowest BCUT2D eigenvalue weighted by Crippen LogP contribution is -2.43. The lowest BCUT2D eigenvalue weighted by atomic mass is 9.78. The molecule has 1 aromatic rings. The summed E-state index contributed by atoms with van der Waals surface area (Å²) in [6.45, 7) is 3.90. The molecule has 0 fully saturated rings. The first-order valence-corrected chi connectivity index (χ1v) is 7.51. The van der Waals surface area contributed by atoms with Gasteiger partial charge in [-0.2, -0.15) is 0 Å². The number of anilines is 1. The Morgan fingerprint density at radius 2 is 2.18 bits per heavy atom. The molecule has 0 aromatic heterocycles. The summed E-state index contributed by atoms with van der Waals surface area (Å²) < 4.78 is 5.18. The summed E-state index contributed by atoms with van der Waals surface area (Å²) in [7, 11) is 0. The van der Waals surface area contributed by atoms with Crippen LogP contribution in [-0.4, -0.2) is 29.7 Å². The Morgan fingerprint density at radius 1 is 1.41 bits per heavy atom. The Bertz CT molecular complexity index is 665. The van der Waals surface area contributed by atoms with E-state index >= 15 is 0 Å². The van der Waals surface area contributed by atoms with Gasteiger partial charge in [0, 0.05) is 17.5 Å². The fourth-order valence-electron chi connectivity index (χ4n) is 3.51. The van der Waals surface area contributed by atoms with Crippen LogP contribution in [0, 0.1) is 12.8 Å². The highest BCUT2D eigenvalue weighted by atomic mass is 16.5. The summed E-state index contributed by atoms with van der Waals surface area (Å²) in [6.07, 6.45) is 5.01. The number of carboxylic acid groups (broad SMARTS) is 1. The number of rotatable bonds is 3. The average Bonchev–Trinajstić information content (AvgIpc) is 2.96. The number of benzene rings is 1. The fraction of sp³-hybridized carbons (Fsp3) is 0.412. The van der Waals surface area contributed by atoms with E-state index in [1.807, 2.05) is 6.07 Å². The van der Waals surface area contributed by atoms with Crippen LogP contribution in [0.2, 0.25) is 0 Å². The van der Waals surface area contributed by atoms with Crippen LogP contribution in [0.4, 0.5) is 5.69 Å². The van der Waals surface area contributed by atoms with Crippen molar-refractivity contribution in [2.75, 3.05) is 11.9 Å². The van der Waals surface area contributed by atoms with Crippen LogP contribution in [0.25, 0.3) is 0 Å². The van der Waals surface area contributed by atoms with Gasteiger partial charge in [0.15, 0.2) is 0 Å². The van der Waals surface area contributed by atoms with E-state index in [4.69, 9.17) is 4.74 Å². The molecule has 22 heavy (non-hydrogen) atoms. The minimum atomic E-state index is -0.959. The molecule has 1 aromatic carbocycles. The van der Waals surface area contributed by atoms with Gasteiger partial charge in [0.25, 0.3) is 0 Å². The minimum Gasteiger partial charge on any atom is -0.478 e. The number of ether oxygens (including phenoxy) is 1. The molecule has 2 N–H and O–H groups in total.